The van der Waals surface area contributed by atoms with Gasteiger partial charge in [-0.3, -0.25) is 4.68 Å². The zero-order chi connectivity index (χ0) is 20.5. The minimum atomic E-state index is 0.259. The summed E-state index contributed by atoms with van der Waals surface area (Å²) >= 11 is 0. The van der Waals surface area contributed by atoms with E-state index in [1.165, 1.54) is 0 Å². The van der Waals surface area contributed by atoms with Crippen LogP contribution in [0.2, 0.25) is 0 Å². The second-order valence-electron chi connectivity index (χ2n) is 6.93. The van der Waals surface area contributed by atoms with Gasteiger partial charge in [0, 0.05) is 42.7 Å². The molecule has 0 unspecified atom stereocenters. The Hall–Kier alpha value is -3.55. The Morgan fingerprint density at radius 2 is 1.83 bits per heavy atom. The molecule has 0 aliphatic rings. The number of benzene rings is 1. The van der Waals surface area contributed by atoms with Crippen LogP contribution in [0, 0.1) is 13.8 Å². The van der Waals surface area contributed by atoms with Gasteiger partial charge in [-0.15, -0.1) is 0 Å². The molecule has 3 N–H and O–H groups in total. The topological polar surface area (TPSA) is 92.8 Å². The van der Waals surface area contributed by atoms with Crippen LogP contribution in [-0.2, 0) is 13.1 Å². The van der Waals surface area contributed by atoms with Crippen LogP contribution in [0.25, 0.3) is 10.9 Å². The third-order valence-corrected chi connectivity index (χ3v) is 5.10. The molecule has 8 heteroatoms. The first-order chi connectivity index (χ1) is 14.0. The molecule has 0 bridgehead atoms. The van der Waals surface area contributed by atoms with Crippen molar-refractivity contribution >= 4 is 34.0 Å². The van der Waals surface area contributed by atoms with Crippen LogP contribution in [0.4, 0.5) is 23.1 Å². The summed E-state index contributed by atoms with van der Waals surface area (Å²) in [6, 6.07) is 7.51. The lowest BCUT2D eigenvalue weighted by Crippen LogP contribution is -2.04. The van der Waals surface area contributed by atoms with E-state index in [9.17, 15) is 5.11 Å². The smallest absolute Gasteiger partial charge is 0.161 e. The van der Waals surface area contributed by atoms with Crippen molar-refractivity contribution < 1.29 is 5.11 Å². The number of anilines is 4. The molecule has 0 fully saturated rings. The van der Waals surface area contributed by atoms with Gasteiger partial charge < -0.3 is 15.7 Å². The molecule has 0 aliphatic heterocycles. The molecule has 1 aromatic carbocycles. The molecule has 0 aliphatic carbocycles. The highest BCUT2D eigenvalue weighted by molar-refractivity contribution is 5.93. The Morgan fingerprint density at radius 1 is 1.03 bits per heavy atom. The SMILES string of the molecule is CCn1nccc1Nc1cc2c(cn1)c(Nc1c(C)ccc(O)c1C)nn2CC. The number of pyridine rings is 1. The molecular formula is C21H25N7O. The molecule has 4 aromatic rings. The third-order valence-electron chi connectivity index (χ3n) is 5.10. The van der Waals surface area contributed by atoms with Crippen molar-refractivity contribution in [1.82, 2.24) is 24.5 Å². The van der Waals surface area contributed by atoms with Crippen LogP contribution >= 0.6 is 0 Å². The van der Waals surface area contributed by atoms with Gasteiger partial charge >= 0.3 is 0 Å². The van der Waals surface area contributed by atoms with E-state index < -0.39 is 0 Å². The van der Waals surface area contributed by atoms with Crippen molar-refractivity contribution in [3.05, 3.63) is 47.8 Å². The summed E-state index contributed by atoms with van der Waals surface area (Å²) in [6.45, 7) is 9.50. The van der Waals surface area contributed by atoms with Crippen LogP contribution in [0.1, 0.15) is 25.0 Å². The molecule has 0 radical (unpaired) electrons. The molecule has 0 saturated carbocycles. The Bertz CT molecular complexity index is 1180. The predicted octanol–water partition coefficient (Wildman–Crippen LogP) is 4.48. The van der Waals surface area contributed by atoms with Gasteiger partial charge in [-0.1, -0.05) is 6.07 Å². The van der Waals surface area contributed by atoms with Crippen molar-refractivity contribution in [2.45, 2.75) is 40.8 Å². The molecule has 0 spiro atoms. The Labute approximate surface area is 169 Å². The van der Waals surface area contributed by atoms with Crippen LogP contribution in [0.3, 0.4) is 0 Å². The largest absolute Gasteiger partial charge is 0.508 e. The maximum atomic E-state index is 10.1. The fourth-order valence-electron chi connectivity index (χ4n) is 3.44. The molecule has 0 atom stereocenters. The first-order valence-corrected chi connectivity index (χ1v) is 9.73. The van der Waals surface area contributed by atoms with Gasteiger partial charge in [0.05, 0.1) is 17.1 Å². The molecule has 8 nitrogen and oxygen atoms in total. The van der Waals surface area contributed by atoms with Gasteiger partial charge in [0.2, 0.25) is 0 Å². The van der Waals surface area contributed by atoms with Crippen molar-refractivity contribution in [2.75, 3.05) is 10.6 Å². The van der Waals surface area contributed by atoms with Gasteiger partial charge in [-0.25, -0.2) is 9.67 Å². The average Bonchev–Trinajstić information content (AvgIpc) is 3.32. The molecular weight excluding hydrogens is 366 g/mol. The van der Waals surface area contributed by atoms with E-state index in [0.29, 0.717) is 0 Å². The number of aromatic hydroxyl groups is 1. The number of fused-ring (bicyclic) bond motifs is 1. The minimum absolute atomic E-state index is 0.259. The van der Waals surface area contributed by atoms with Crippen molar-refractivity contribution in [3.63, 3.8) is 0 Å². The lowest BCUT2D eigenvalue weighted by molar-refractivity contribution is 0.471. The average molecular weight is 391 g/mol. The summed E-state index contributed by atoms with van der Waals surface area (Å²) < 4.78 is 3.82. The van der Waals surface area contributed by atoms with Gasteiger partial charge in [0.1, 0.15) is 17.4 Å². The second kappa shape index (κ2) is 7.46. The second-order valence-corrected chi connectivity index (χ2v) is 6.93. The summed E-state index contributed by atoms with van der Waals surface area (Å²) in [5.74, 6) is 2.61. The number of aryl methyl sites for hydroxylation is 3. The molecule has 0 amide bonds. The van der Waals surface area contributed by atoms with Crippen LogP contribution in [0.5, 0.6) is 5.75 Å². The number of hydrogen-bond donors (Lipinski definition) is 3. The number of rotatable bonds is 6. The van der Waals surface area contributed by atoms with Crippen LogP contribution in [-0.4, -0.2) is 29.7 Å². The van der Waals surface area contributed by atoms with E-state index in [1.54, 1.807) is 12.3 Å². The molecule has 3 aromatic heterocycles. The lowest BCUT2D eigenvalue weighted by Gasteiger charge is -2.12. The number of hydrogen-bond acceptors (Lipinski definition) is 6. The van der Waals surface area contributed by atoms with Crippen molar-refractivity contribution in [2.24, 2.45) is 0 Å². The summed E-state index contributed by atoms with van der Waals surface area (Å²) in [6.07, 6.45) is 3.59. The first-order valence-electron chi connectivity index (χ1n) is 9.73. The maximum absolute atomic E-state index is 10.1. The van der Waals surface area contributed by atoms with E-state index in [0.717, 1.165) is 58.3 Å². The molecule has 3 heterocycles. The van der Waals surface area contributed by atoms with E-state index in [2.05, 4.69) is 27.6 Å². The van der Waals surface area contributed by atoms with E-state index >= 15 is 0 Å². The minimum Gasteiger partial charge on any atom is -0.508 e. The summed E-state index contributed by atoms with van der Waals surface area (Å²) in [7, 11) is 0. The first kappa shape index (κ1) is 18.8. The van der Waals surface area contributed by atoms with Gasteiger partial charge in [0.15, 0.2) is 5.82 Å². The fourth-order valence-corrected chi connectivity index (χ4v) is 3.44. The summed E-state index contributed by atoms with van der Waals surface area (Å²) in [5, 5.41) is 26.7. The monoisotopic (exact) mass is 391 g/mol. The van der Waals surface area contributed by atoms with Crippen LogP contribution < -0.4 is 10.6 Å². The fraction of sp³-hybridized carbons (Fsp3) is 0.286. The third kappa shape index (κ3) is 3.37. The molecule has 0 saturated heterocycles. The highest BCUT2D eigenvalue weighted by Gasteiger charge is 2.15. The predicted molar refractivity (Wildman–Crippen MR) is 115 cm³/mol. The van der Waals surface area contributed by atoms with E-state index in [-0.39, 0.29) is 5.75 Å². The summed E-state index contributed by atoms with van der Waals surface area (Å²) in [5.41, 5.74) is 3.68. The van der Waals surface area contributed by atoms with E-state index in [1.807, 2.05) is 54.5 Å². The van der Waals surface area contributed by atoms with Crippen molar-refractivity contribution in [3.8, 4) is 5.75 Å². The Balaban J connectivity index is 1.73. The number of nitrogens with zero attached hydrogens (tertiary/aromatic N) is 5. The number of nitrogens with one attached hydrogen (secondary N) is 2. The number of phenolic OH excluding ortho intramolecular Hbond substituents is 1. The maximum Gasteiger partial charge on any atom is 0.161 e. The zero-order valence-electron chi connectivity index (χ0n) is 17.1. The molecule has 4 rings (SSSR count). The zero-order valence-corrected chi connectivity index (χ0v) is 17.1. The highest BCUT2D eigenvalue weighted by atomic mass is 16.3. The van der Waals surface area contributed by atoms with Crippen molar-refractivity contribution in [1.29, 1.82) is 0 Å². The van der Waals surface area contributed by atoms with E-state index in [4.69, 9.17) is 5.10 Å². The molecule has 29 heavy (non-hydrogen) atoms. The normalized spacial score (nSPS) is 11.2. The van der Waals surface area contributed by atoms with Gasteiger partial charge in [-0.2, -0.15) is 10.2 Å². The quantitative estimate of drug-likeness (QED) is 0.449. The summed E-state index contributed by atoms with van der Waals surface area (Å²) in [4.78, 5) is 4.57. The van der Waals surface area contributed by atoms with Gasteiger partial charge in [0.25, 0.3) is 0 Å². The number of phenols is 1. The Morgan fingerprint density at radius 3 is 2.59 bits per heavy atom. The lowest BCUT2D eigenvalue weighted by atomic mass is 10.1. The number of aromatic nitrogens is 5. The highest BCUT2D eigenvalue weighted by Crippen LogP contribution is 2.33. The van der Waals surface area contributed by atoms with Gasteiger partial charge in [-0.05, 0) is 39.3 Å². The van der Waals surface area contributed by atoms with Crippen LogP contribution in [0.15, 0.2) is 36.7 Å². The molecule has 150 valence electrons. The standard InChI is InChI=1S/C21H25N7O/c1-5-27-16-11-18(24-19-9-10-23-28(19)6-2)22-12-15(16)21(26-27)25-20-13(3)7-8-17(29)14(20)4/h7-12,29H,5-6H2,1-4H3,(H,22,24)(H,25,26). The Kier molecular flexibility index (Phi) is 4.84.